The van der Waals surface area contributed by atoms with Crippen molar-refractivity contribution in [2.45, 2.75) is 43.4 Å². The third kappa shape index (κ3) is 2.78. The largest absolute Gasteiger partial charge is 0.442 e. The summed E-state index contributed by atoms with van der Waals surface area (Å²) in [6.45, 7) is 4.95. The molecule has 8 nitrogen and oxygen atoms in total. The molecule has 136 valence electrons. The summed E-state index contributed by atoms with van der Waals surface area (Å²) in [6.07, 6.45) is 2.85. The van der Waals surface area contributed by atoms with Gasteiger partial charge in [-0.1, -0.05) is 0 Å². The Labute approximate surface area is 150 Å². The number of nitrogens with zero attached hydrogens (tertiary/aromatic N) is 4. The second-order valence-corrected chi connectivity index (χ2v) is 8.00. The van der Waals surface area contributed by atoms with E-state index in [1.54, 1.807) is 0 Å². The normalized spacial score (nSPS) is 33.1. The zero-order valence-electron chi connectivity index (χ0n) is 14.1. The molecule has 5 rings (SSSR count). The summed E-state index contributed by atoms with van der Waals surface area (Å²) in [6, 6.07) is 0.391. The highest BCUT2D eigenvalue weighted by atomic mass is 32.1. The molecular formula is C16H23N5O3S. The maximum atomic E-state index is 12.2. The monoisotopic (exact) mass is 365 g/mol. The lowest BCUT2D eigenvalue weighted by Gasteiger charge is -2.26. The van der Waals surface area contributed by atoms with Crippen molar-refractivity contribution in [3.63, 3.8) is 0 Å². The molecule has 5 heterocycles. The first-order chi connectivity index (χ1) is 12.3. The van der Waals surface area contributed by atoms with Gasteiger partial charge >= 0.3 is 6.09 Å². The number of carbonyl (C=O) groups excluding carboxylic acids is 1. The minimum Gasteiger partial charge on any atom is -0.442 e. The van der Waals surface area contributed by atoms with Crippen molar-refractivity contribution in [2.75, 3.05) is 44.3 Å². The van der Waals surface area contributed by atoms with E-state index in [4.69, 9.17) is 14.5 Å². The van der Waals surface area contributed by atoms with Gasteiger partial charge in [-0.3, -0.25) is 4.90 Å². The van der Waals surface area contributed by atoms with Crippen molar-refractivity contribution < 1.29 is 14.3 Å². The summed E-state index contributed by atoms with van der Waals surface area (Å²) in [5, 5.41) is 4.30. The standard InChI is InChI=1S/C16H23N5O3S/c22-16-21(12-7-17-8-13(12)24-16)11-1-4-20(9-11)15-18-14(19-25-15)10-2-5-23-6-3-10/h10-13,17H,1-9H2/t11?,12-,13+/m0/s1. The molecule has 1 amide bonds. The lowest BCUT2D eigenvalue weighted by atomic mass is 10.00. The topological polar surface area (TPSA) is 79.8 Å². The van der Waals surface area contributed by atoms with E-state index in [2.05, 4.69) is 14.6 Å². The number of anilines is 1. The van der Waals surface area contributed by atoms with E-state index in [1.165, 1.54) is 11.5 Å². The Morgan fingerprint density at radius 1 is 1.20 bits per heavy atom. The zero-order valence-corrected chi connectivity index (χ0v) is 14.9. The Bertz CT molecular complexity index is 649. The summed E-state index contributed by atoms with van der Waals surface area (Å²) in [5.74, 6) is 1.39. The summed E-state index contributed by atoms with van der Waals surface area (Å²) in [7, 11) is 0. The van der Waals surface area contributed by atoms with Gasteiger partial charge in [0.1, 0.15) is 11.9 Å². The zero-order chi connectivity index (χ0) is 16.8. The molecule has 9 heteroatoms. The fraction of sp³-hybridized carbons (Fsp3) is 0.812. The molecule has 3 atom stereocenters. The van der Waals surface area contributed by atoms with Crippen LogP contribution < -0.4 is 10.2 Å². The van der Waals surface area contributed by atoms with Gasteiger partial charge in [0.05, 0.1) is 12.1 Å². The fourth-order valence-electron chi connectivity index (χ4n) is 4.40. The Balaban J connectivity index is 1.26. The van der Waals surface area contributed by atoms with Crippen LogP contribution >= 0.6 is 11.5 Å². The second kappa shape index (κ2) is 6.37. The smallest absolute Gasteiger partial charge is 0.410 e. The van der Waals surface area contributed by atoms with Gasteiger partial charge in [0, 0.05) is 56.8 Å². The van der Waals surface area contributed by atoms with Crippen LogP contribution in [0.3, 0.4) is 0 Å². The summed E-state index contributed by atoms with van der Waals surface area (Å²) in [4.78, 5) is 21.3. The number of rotatable bonds is 3. The van der Waals surface area contributed by atoms with Gasteiger partial charge in [0.15, 0.2) is 0 Å². The van der Waals surface area contributed by atoms with Gasteiger partial charge in [-0.25, -0.2) is 9.78 Å². The molecule has 1 aromatic heterocycles. The van der Waals surface area contributed by atoms with Crippen LogP contribution in [0, 0.1) is 0 Å². The minimum absolute atomic E-state index is 0.0169. The highest BCUT2D eigenvalue weighted by Crippen LogP contribution is 2.33. The van der Waals surface area contributed by atoms with Crippen molar-refractivity contribution in [2.24, 2.45) is 0 Å². The molecule has 4 aliphatic heterocycles. The lowest BCUT2D eigenvalue weighted by molar-refractivity contribution is 0.0838. The van der Waals surface area contributed by atoms with Crippen LogP contribution in [0.1, 0.15) is 31.0 Å². The molecule has 0 aliphatic carbocycles. The van der Waals surface area contributed by atoms with Crippen molar-refractivity contribution in [3.05, 3.63) is 5.82 Å². The van der Waals surface area contributed by atoms with Gasteiger partial charge in [-0.05, 0) is 19.3 Å². The molecule has 4 aliphatic rings. The highest BCUT2D eigenvalue weighted by molar-refractivity contribution is 7.09. The SMILES string of the molecule is O=C1O[C@@H]2CNC[C@@H]2N1C1CCN(c2nc(C3CCOCC3)ns2)C1. The first-order valence-corrected chi connectivity index (χ1v) is 9.93. The van der Waals surface area contributed by atoms with E-state index in [0.29, 0.717) is 5.92 Å². The van der Waals surface area contributed by atoms with E-state index in [-0.39, 0.29) is 24.3 Å². The number of carbonyl (C=O) groups is 1. The van der Waals surface area contributed by atoms with E-state index in [0.717, 1.165) is 69.6 Å². The van der Waals surface area contributed by atoms with Gasteiger partial charge < -0.3 is 19.7 Å². The Kier molecular flexibility index (Phi) is 4.02. The molecular weight excluding hydrogens is 342 g/mol. The minimum atomic E-state index is -0.150. The molecule has 4 saturated heterocycles. The van der Waals surface area contributed by atoms with Crippen LogP contribution in [0.2, 0.25) is 0 Å². The molecule has 0 radical (unpaired) electrons. The highest BCUT2D eigenvalue weighted by Gasteiger charge is 2.49. The Morgan fingerprint density at radius 2 is 2.08 bits per heavy atom. The molecule has 4 fully saturated rings. The van der Waals surface area contributed by atoms with Gasteiger partial charge in [-0.15, -0.1) is 0 Å². The Hall–Kier alpha value is -1.45. The number of hydrogen-bond donors (Lipinski definition) is 1. The van der Waals surface area contributed by atoms with Crippen LogP contribution in [-0.4, -0.2) is 77.9 Å². The molecule has 0 aromatic carbocycles. The second-order valence-electron chi connectivity index (χ2n) is 7.27. The first-order valence-electron chi connectivity index (χ1n) is 9.15. The molecule has 1 unspecified atom stereocenters. The number of amides is 1. The maximum Gasteiger partial charge on any atom is 0.410 e. The molecule has 1 N–H and O–H groups in total. The molecule has 0 saturated carbocycles. The van der Waals surface area contributed by atoms with E-state index in [9.17, 15) is 4.79 Å². The van der Waals surface area contributed by atoms with Crippen LogP contribution in [0.25, 0.3) is 0 Å². The lowest BCUT2D eigenvalue weighted by Crippen LogP contribution is -2.46. The van der Waals surface area contributed by atoms with E-state index < -0.39 is 0 Å². The van der Waals surface area contributed by atoms with Crippen molar-refractivity contribution in [3.8, 4) is 0 Å². The molecule has 0 bridgehead atoms. The van der Waals surface area contributed by atoms with Crippen LogP contribution in [-0.2, 0) is 9.47 Å². The molecule has 25 heavy (non-hydrogen) atoms. The summed E-state index contributed by atoms with van der Waals surface area (Å²) < 4.78 is 15.5. The third-order valence-corrected chi connectivity index (χ3v) is 6.58. The van der Waals surface area contributed by atoms with Crippen LogP contribution in [0.4, 0.5) is 9.93 Å². The quantitative estimate of drug-likeness (QED) is 0.849. The van der Waals surface area contributed by atoms with Gasteiger partial charge in [-0.2, -0.15) is 4.37 Å². The number of nitrogens with one attached hydrogen (secondary N) is 1. The Morgan fingerprint density at radius 3 is 2.96 bits per heavy atom. The predicted octanol–water partition coefficient (Wildman–Crippen LogP) is 0.803. The molecule has 0 spiro atoms. The van der Waals surface area contributed by atoms with Gasteiger partial charge in [0.2, 0.25) is 5.13 Å². The number of hydrogen-bond acceptors (Lipinski definition) is 8. The van der Waals surface area contributed by atoms with Crippen molar-refractivity contribution >= 4 is 22.8 Å². The summed E-state index contributed by atoms with van der Waals surface area (Å²) in [5.41, 5.74) is 0. The molecule has 1 aromatic rings. The number of fused-ring (bicyclic) bond motifs is 1. The first kappa shape index (κ1) is 15.8. The third-order valence-electron chi connectivity index (χ3n) is 5.79. The average molecular weight is 365 g/mol. The number of aromatic nitrogens is 2. The van der Waals surface area contributed by atoms with Crippen molar-refractivity contribution in [1.82, 2.24) is 19.6 Å². The van der Waals surface area contributed by atoms with Crippen LogP contribution in [0.15, 0.2) is 0 Å². The van der Waals surface area contributed by atoms with Crippen molar-refractivity contribution in [1.29, 1.82) is 0 Å². The predicted molar refractivity (Wildman–Crippen MR) is 92.1 cm³/mol. The number of ether oxygens (including phenoxy) is 2. The fourth-order valence-corrected chi connectivity index (χ4v) is 5.18. The average Bonchev–Trinajstić information content (AvgIpc) is 3.39. The van der Waals surface area contributed by atoms with E-state index in [1.807, 2.05) is 4.90 Å². The van der Waals surface area contributed by atoms with Crippen LogP contribution in [0.5, 0.6) is 0 Å². The van der Waals surface area contributed by atoms with E-state index >= 15 is 0 Å². The summed E-state index contributed by atoms with van der Waals surface area (Å²) >= 11 is 1.48. The maximum absolute atomic E-state index is 12.2. The van der Waals surface area contributed by atoms with Gasteiger partial charge in [0.25, 0.3) is 0 Å².